The van der Waals surface area contributed by atoms with Gasteiger partial charge in [0.15, 0.2) is 11.6 Å². The van der Waals surface area contributed by atoms with E-state index in [1.165, 1.54) is 0 Å². The number of hydrogen-bond acceptors (Lipinski definition) is 0. The Kier molecular flexibility index (Phi) is 6.20. The van der Waals surface area contributed by atoms with Gasteiger partial charge < -0.3 is 0 Å². The first-order valence-electron chi connectivity index (χ1n) is 4.07. The van der Waals surface area contributed by atoms with E-state index in [0.29, 0.717) is 0 Å². The van der Waals surface area contributed by atoms with Gasteiger partial charge in [-0.2, -0.15) is 0 Å². The van der Waals surface area contributed by atoms with Crippen LogP contribution in [0.1, 0.15) is 0 Å². The van der Waals surface area contributed by atoms with E-state index in [1.807, 2.05) is 0 Å². The van der Waals surface area contributed by atoms with Gasteiger partial charge in [0.1, 0.15) is 11.6 Å². The summed E-state index contributed by atoms with van der Waals surface area (Å²) in [6.45, 7) is 0. The van der Waals surface area contributed by atoms with Gasteiger partial charge in [0, 0.05) is 31.1 Å². The molecule has 0 aromatic heterocycles. The van der Waals surface area contributed by atoms with E-state index in [-0.39, 0.29) is 43.5 Å². The second-order valence-electron chi connectivity index (χ2n) is 3.07. The third-order valence-electron chi connectivity index (χ3n) is 2.12. The van der Waals surface area contributed by atoms with E-state index in [2.05, 4.69) is 0 Å². The molecule has 0 aliphatic carbocycles. The van der Waals surface area contributed by atoms with Gasteiger partial charge in [0.2, 0.25) is 0 Å². The molecule has 0 saturated carbocycles. The SMILES string of the molecule is Fc1[c-]c(F)c2c(F)c(F)c(F)c(F)c2c1F.I.[Zn]. The van der Waals surface area contributed by atoms with Crippen molar-refractivity contribution in [2.45, 2.75) is 0 Å². The fraction of sp³-hybridized carbons (Fsp3) is 0. The molecule has 0 atom stereocenters. The van der Waals surface area contributed by atoms with Crippen LogP contribution in [0.5, 0.6) is 0 Å². The maximum absolute atomic E-state index is 13.1. The first-order valence-corrected chi connectivity index (χ1v) is 4.07. The van der Waals surface area contributed by atoms with Crippen LogP contribution >= 0.6 is 24.0 Å². The Balaban J connectivity index is 0.00000162. The Morgan fingerprint density at radius 2 is 0.947 bits per heavy atom. The molecule has 2 rings (SSSR count). The van der Waals surface area contributed by atoms with Crippen molar-refractivity contribution >= 4 is 34.7 Å². The van der Waals surface area contributed by atoms with Gasteiger partial charge in [-0.05, 0) is 10.8 Å². The van der Waals surface area contributed by atoms with Crippen LogP contribution in [0.2, 0.25) is 0 Å². The average molecular weight is 446 g/mol. The second-order valence-corrected chi connectivity index (χ2v) is 3.07. The minimum Gasteiger partial charge on any atom is -0.281 e. The Bertz CT molecular complexity index is 644. The van der Waals surface area contributed by atoms with Crippen LogP contribution in [0.25, 0.3) is 10.8 Å². The van der Waals surface area contributed by atoms with E-state index in [9.17, 15) is 30.7 Å². The van der Waals surface area contributed by atoms with Gasteiger partial charge in [-0.25, -0.2) is 26.3 Å². The van der Waals surface area contributed by atoms with Crippen molar-refractivity contribution in [3.8, 4) is 0 Å². The first-order chi connectivity index (χ1) is 7.86. The Labute approximate surface area is 131 Å². The molecule has 2 aromatic rings. The van der Waals surface area contributed by atoms with Crippen LogP contribution in [0.4, 0.5) is 30.7 Å². The van der Waals surface area contributed by atoms with E-state index >= 15 is 0 Å². The first kappa shape index (κ1) is 18.6. The number of benzene rings is 2. The van der Waals surface area contributed by atoms with Gasteiger partial charge in [0.25, 0.3) is 0 Å². The summed E-state index contributed by atoms with van der Waals surface area (Å²) in [6.07, 6.45) is 0. The molecule has 0 spiro atoms. The summed E-state index contributed by atoms with van der Waals surface area (Å²) in [4.78, 5) is 0. The molecular formula is C10HF7IZn-. The smallest absolute Gasteiger partial charge is 0.194 e. The van der Waals surface area contributed by atoms with Crippen LogP contribution in [0.15, 0.2) is 0 Å². The van der Waals surface area contributed by atoms with Crippen LogP contribution < -0.4 is 0 Å². The fourth-order valence-corrected chi connectivity index (χ4v) is 1.37. The molecule has 0 nitrogen and oxygen atoms in total. The fourth-order valence-electron chi connectivity index (χ4n) is 1.37. The molecule has 0 unspecified atom stereocenters. The molecule has 0 amide bonds. The predicted octanol–water partition coefficient (Wildman–Crippen LogP) is 4.23. The van der Waals surface area contributed by atoms with Gasteiger partial charge in [-0.3, -0.25) is 4.39 Å². The van der Waals surface area contributed by atoms with Gasteiger partial charge >= 0.3 is 0 Å². The van der Waals surface area contributed by atoms with E-state index in [4.69, 9.17) is 0 Å². The van der Waals surface area contributed by atoms with E-state index in [1.54, 1.807) is 0 Å². The van der Waals surface area contributed by atoms with Crippen LogP contribution in [-0.4, -0.2) is 0 Å². The van der Waals surface area contributed by atoms with E-state index < -0.39 is 51.5 Å². The molecule has 9 heteroatoms. The zero-order valence-electron chi connectivity index (χ0n) is 8.76. The molecule has 19 heavy (non-hydrogen) atoms. The molecule has 0 bridgehead atoms. The minimum atomic E-state index is -2.35. The third-order valence-corrected chi connectivity index (χ3v) is 2.12. The van der Waals surface area contributed by atoms with Crippen molar-refractivity contribution in [1.82, 2.24) is 0 Å². The van der Waals surface area contributed by atoms with Crippen LogP contribution in [-0.2, 0) is 19.5 Å². The topological polar surface area (TPSA) is 0 Å². The van der Waals surface area contributed by atoms with Gasteiger partial charge in [-0.1, -0.05) is 0 Å². The number of halogens is 8. The average Bonchev–Trinajstić information content (AvgIpc) is 2.28. The summed E-state index contributed by atoms with van der Waals surface area (Å²) in [5.74, 6) is -14.9. The van der Waals surface area contributed by atoms with Gasteiger partial charge in [0.05, 0.1) is 5.82 Å². The van der Waals surface area contributed by atoms with Crippen LogP contribution in [0, 0.1) is 46.8 Å². The summed E-state index contributed by atoms with van der Waals surface area (Å²) in [6, 6.07) is 1.09. The largest absolute Gasteiger partial charge is 0.281 e. The minimum absolute atomic E-state index is 0. The number of rotatable bonds is 0. The Morgan fingerprint density at radius 1 is 0.526 bits per heavy atom. The Hall–Kier alpha value is -0.437. The number of hydrogen-bond donors (Lipinski definition) is 0. The van der Waals surface area contributed by atoms with Gasteiger partial charge in [-0.15, -0.1) is 30.0 Å². The summed E-state index contributed by atoms with van der Waals surface area (Å²) < 4.78 is 90.4. The molecular weight excluding hydrogens is 445 g/mol. The molecule has 0 N–H and O–H groups in total. The predicted molar refractivity (Wildman–Crippen MR) is 57.9 cm³/mol. The standard InChI is InChI=1S/C10F7.HI.Zn/c11-2-1-3(12)6(13)5-4(2)7(14)9(16)10(17)8(5)15;;/h;1H;/q-1;;. The molecule has 0 aliphatic rings. The normalized spacial score (nSPS) is 10.1. The zero-order valence-corrected chi connectivity index (χ0v) is 14.1. The molecule has 0 radical (unpaired) electrons. The maximum atomic E-state index is 13.1. The number of fused-ring (bicyclic) bond motifs is 1. The van der Waals surface area contributed by atoms with Crippen molar-refractivity contribution in [3.05, 3.63) is 46.8 Å². The third kappa shape index (κ3) is 2.72. The van der Waals surface area contributed by atoms with Crippen molar-refractivity contribution in [2.24, 2.45) is 0 Å². The van der Waals surface area contributed by atoms with Crippen molar-refractivity contribution in [1.29, 1.82) is 0 Å². The Morgan fingerprint density at radius 3 is 1.42 bits per heavy atom. The van der Waals surface area contributed by atoms with Crippen molar-refractivity contribution < 1.29 is 50.2 Å². The monoisotopic (exact) mass is 445 g/mol. The molecule has 2 aromatic carbocycles. The summed E-state index contributed by atoms with van der Waals surface area (Å²) in [5.41, 5.74) is 0. The summed E-state index contributed by atoms with van der Waals surface area (Å²) in [5, 5.41) is -3.16. The summed E-state index contributed by atoms with van der Waals surface area (Å²) in [7, 11) is 0. The second kappa shape index (κ2) is 6.34. The molecule has 0 heterocycles. The van der Waals surface area contributed by atoms with Crippen LogP contribution in [0.3, 0.4) is 0 Å². The zero-order chi connectivity index (χ0) is 12.9. The molecule has 100 valence electrons. The van der Waals surface area contributed by atoms with E-state index in [0.717, 1.165) is 6.07 Å². The maximum Gasteiger partial charge on any atom is 0.194 e. The molecule has 0 saturated heterocycles. The van der Waals surface area contributed by atoms with Crippen molar-refractivity contribution in [2.75, 3.05) is 0 Å². The molecule has 0 aliphatic heterocycles. The summed E-state index contributed by atoms with van der Waals surface area (Å²) >= 11 is 0. The quantitative estimate of drug-likeness (QED) is 0.142. The van der Waals surface area contributed by atoms with Crippen molar-refractivity contribution in [3.63, 3.8) is 0 Å². The molecule has 0 fully saturated rings.